The topological polar surface area (TPSA) is 68.0 Å². The zero-order valence-electron chi connectivity index (χ0n) is 12.0. The number of carbonyl (C=O) groups is 1. The van der Waals surface area contributed by atoms with E-state index in [4.69, 9.17) is 17.3 Å². The lowest BCUT2D eigenvalue weighted by atomic mass is 9.94. The summed E-state index contributed by atoms with van der Waals surface area (Å²) < 4.78 is 0. The fraction of sp³-hybridized carbons (Fsp3) is 0.250. The van der Waals surface area contributed by atoms with Crippen LogP contribution in [0.4, 0.5) is 5.69 Å². The third-order valence-corrected chi connectivity index (χ3v) is 3.66. The summed E-state index contributed by atoms with van der Waals surface area (Å²) in [6.07, 6.45) is 0. The van der Waals surface area contributed by atoms with Gasteiger partial charge in [-0.1, -0.05) is 48.9 Å². The van der Waals surface area contributed by atoms with Gasteiger partial charge >= 0.3 is 0 Å². The van der Waals surface area contributed by atoms with Crippen LogP contribution in [0.15, 0.2) is 42.5 Å². The Balaban J connectivity index is 2.09. The molecule has 5 heteroatoms. The number of anilines is 1. The summed E-state index contributed by atoms with van der Waals surface area (Å²) in [6.45, 7) is 3.61. The average Bonchev–Trinajstić information content (AvgIpc) is 2.49. The van der Waals surface area contributed by atoms with E-state index in [2.05, 4.69) is 10.3 Å². The van der Waals surface area contributed by atoms with Crippen molar-refractivity contribution in [1.82, 2.24) is 4.98 Å². The highest BCUT2D eigenvalue weighted by Crippen LogP contribution is 2.22. The third-order valence-electron chi connectivity index (χ3n) is 3.45. The molecular weight excluding hydrogens is 286 g/mol. The van der Waals surface area contributed by atoms with Crippen LogP contribution >= 0.6 is 11.6 Å². The Hall–Kier alpha value is -1.91. The van der Waals surface area contributed by atoms with Gasteiger partial charge in [-0.15, -0.1) is 0 Å². The number of carbonyl (C=O) groups excluding carboxylic acids is 1. The number of aromatic nitrogens is 1. The van der Waals surface area contributed by atoms with E-state index in [0.717, 1.165) is 5.56 Å². The minimum absolute atomic E-state index is 0.140. The first-order valence-electron chi connectivity index (χ1n) is 6.73. The van der Waals surface area contributed by atoms with Gasteiger partial charge in [0.2, 0.25) is 5.91 Å². The molecule has 0 spiro atoms. The minimum Gasteiger partial charge on any atom is -0.324 e. The Morgan fingerprint density at radius 3 is 2.52 bits per heavy atom. The van der Waals surface area contributed by atoms with Gasteiger partial charge in [-0.25, -0.2) is 4.98 Å². The van der Waals surface area contributed by atoms with E-state index in [9.17, 15) is 4.79 Å². The van der Waals surface area contributed by atoms with Crippen LogP contribution in [0.25, 0.3) is 0 Å². The van der Waals surface area contributed by atoms with Gasteiger partial charge in [-0.2, -0.15) is 0 Å². The molecule has 4 nitrogen and oxygen atoms in total. The molecule has 1 aromatic carbocycles. The predicted octanol–water partition coefficient (Wildman–Crippen LogP) is 3.32. The Kier molecular flexibility index (Phi) is 4.94. The van der Waals surface area contributed by atoms with Crippen LogP contribution in [0.5, 0.6) is 0 Å². The van der Waals surface area contributed by atoms with Gasteiger partial charge in [0.15, 0.2) is 0 Å². The van der Waals surface area contributed by atoms with Gasteiger partial charge in [0.05, 0.1) is 17.3 Å². The molecule has 0 bridgehead atoms. The molecule has 21 heavy (non-hydrogen) atoms. The fourth-order valence-electron chi connectivity index (χ4n) is 2.04. The van der Waals surface area contributed by atoms with E-state index in [1.807, 2.05) is 37.3 Å². The first-order valence-corrected chi connectivity index (χ1v) is 7.11. The Morgan fingerprint density at radius 2 is 1.90 bits per heavy atom. The second-order valence-electron chi connectivity index (χ2n) is 4.98. The average molecular weight is 304 g/mol. The standard InChI is InChI=1S/C16H18ClN3O/c1-10(15(18)12-6-4-3-5-7-12)16(21)20-13-8-9-14(17)19-11(13)2/h3-10,15H,18H2,1-2H3,(H,20,21). The summed E-state index contributed by atoms with van der Waals surface area (Å²) in [7, 11) is 0. The van der Waals surface area contributed by atoms with Crippen LogP contribution in [0, 0.1) is 12.8 Å². The number of benzene rings is 1. The quantitative estimate of drug-likeness (QED) is 0.851. The van der Waals surface area contributed by atoms with Crippen LogP contribution in [0.1, 0.15) is 24.2 Å². The lowest BCUT2D eigenvalue weighted by Crippen LogP contribution is -2.30. The van der Waals surface area contributed by atoms with E-state index in [-0.39, 0.29) is 17.9 Å². The van der Waals surface area contributed by atoms with Crippen LogP contribution < -0.4 is 11.1 Å². The van der Waals surface area contributed by atoms with Gasteiger partial charge in [0.25, 0.3) is 0 Å². The molecule has 3 N–H and O–H groups in total. The number of aryl methyl sites for hydroxylation is 1. The van der Waals surface area contributed by atoms with Crippen molar-refractivity contribution in [2.75, 3.05) is 5.32 Å². The predicted molar refractivity (Wildman–Crippen MR) is 85.1 cm³/mol. The Bertz CT molecular complexity index is 631. The van der Waals surface area contributed by atoms with E-state index in [1.54, 1.807) is 19.1 Å². The molecule has 1 aromatic heterocycles. The normalized spacial score (nSPS) is 13.5. The number of hydrogen-bond acceptors (Lipinski definition) is 3. The van der Waals surface area contributed by atoms with Crippen molar-refractivity contribution in [3.05, 3.63) is 58.9 Å². The second kappa shape index (κ2) is 6.70. The molecule has 0 saturated heterocycles. The molecule has 0 aliphatic heterocycles. The molecule has 2 aromatic rings. The van der Waals surface area contributed by atoms with E-state index in [1.165, 1.54) is 0 Å². The van der Waals surface area contributed by atoms with Crippen LogP contribution in [0.2, 0.25) is 5.15 Å². The summed E-state index contributed by atoms with van der Waals surface area (Å²) in [6, 6.07) is 12.6. The maximum absolute atomic E-state index is 12.3. The van der Waals surface area contributed by atoms with Crippen LogP contribution in [-0.2, 0) is 4.79 Å². The molecule has 110 valence electrons. The minimum atomic E-state index is -0.359. The first kappa shape index (κ1) is 15.5. The molecule has 0 saturated carbocycles. The zero-order valence-corrected chi connectivity index (χ0v) is 12.8. The van der Waals surface area contributed by atoms with E-state index >= 15 is 0 Å². The molecule has 1 amide bonds. The van der Waals surface area contributed by atoms with Crippen molar-refractivity contribution >= 4 is 23.2 Å². The second-order valence-corrected chi connectivity index (χ2v) is 5.37. The van der Waals surface area contributed by atoms with Crippen molar-refractivity contribution in [3.8, 4) is 0 Å². The Morgan fingerprint density at radius 1 is 1.24 bits per heavy atom. The highest BCUT2D eigenvalue weighted by molar-refractivity contribution is 6.29. The van der Waals surface area contributed by atoms with Crippen molar-refractivity contribution in [2.24, 2.45) is 11.7 Å². The summed E-state index contributed by atoms with van der Waals surface area (Å²) in [5.74, 6) is -0.499. The molecule has 0 fully saturated rings. The summed E-state index contributed by atoms with van der Waals surface area (Å²) in [5, 5.41) is 3.25. The maximum atomic E-state index is 12.3. The van der Waals surface area contributed by atoms with Crippen molar-refractivity contribution < 1.29 is 4.79 Å². The first-order chi connectivity index (χ1) is 9.99. The number of halogens is 1. The highest BCUT2D eigenvalue weighted by Gasteiger charge is 2.22. The smallest absolute Gasteiger partial charge is 0.229 e. The van der Waals surface area contributed by atoms with E-state index < -0.39 is 0 Å². The number of nitrogens with zero attached hydrogens (tertiary/aromatic N) is 1. The monoisotopic (exact) mass is 303 g/mol. The fourth-order valence-corrected chi connectivity index (χ4v) is 2.23. The van der Waals surface area contributed by atoms with E-state index in [0.29, 0.717) is 16.5 Å². The molecule has 0 radical (unpaired) electrons. The summed E-state index contributed by atoms with van der Waals surface area (Å²) in [4.78, 5) is 16.4. The SMILES string of the molecule is Cc1nc(Cl)ccc1NC(=O)C(C)C(N)c1ccccc1. The van der Waals surface area contributed by atoms with Crippen molar-refractivity contribution in [1.29, 1.82) is 0 Å². The molecule has 0 aliphatic carbocycles. The number of nitrogens with two attached hydrogens (primary N) is 1. The molecule has 2 rings (SSSR count). The van der Waals surface area contributed by atoms with Gasteiger partial charge in [0, 0.05) is 6.04 Å². The Labute approximate surface area is 129 Å². The lowest BCUT2D eigenvalue weighted by Gasteiger charge is -2.20. The maximum Gasteiger partial charge on any atom is 0.229 e. The number of rotatable bonds is 4. The van der Waals surface area contributed by atoms with Crippen molar-refractivity contribution in [3.63, 3.8) is 0 Å². The lowest BCUT2D eigenvalue weighted by molar-refractivity contribution is -0.120. The number of nitrogens with one attached hydrogen (secondary N) is 1. The molecule has 0 aliphatic rings. The number of amides is 1. The van der Waals surface area contributed by atoms with Gasteiger partial charge in [-0.05, 0) is 24.6 Å². The van der Waals surface area contributed by atoms with Gasteiger partial charge in [-0.3, -0.25) is 4.79 Å². The molecule has 2 atom stereocenters. The third kappa shape index (κ3) is 3.80. The molecule has 2 unspecified atom stereocenters. The van der Waals surface area contributed by atoms with Gasteiger partial charge in [0.1, 0.15) is 5.15 Å². The molecular formula is C16H18ClN3O. The van der Waals surface area contributed by atoms with Crippen LogP contribution in [0.3, 0.4) is 0 Å². The molecule has 1 heterocycles. The van der Waals surface area contributed by atoms with Gasteiger partial charge < -0.3 is 11.1 Å². The number of hydrogen-bond donors (Lipinski definition) is 2. The zero-order chi connectivity index (χ0) is 15.4. The number of pyridine rings is 1. The highest BCUT2D eigenvalue weighted by atomic mass is 35.5. The van der Waals surface area contributed by atoms with Crippen molar-refractivity contribution in [2.45, 2.75) is 19.9 Å². The summed E-state index contributed by atoms with van der Waals surface area (Å²) >= 11 is 5.80. The van der Waals surface area contributed by atoms with Crippen LogP contribution in [-0.4, -0.2) is 10.9 Å². The largest absolute Gasteiger partial charge is 0.324 e. The summed E-state index contributed by atoms with van der Waals surface area (Å²) in [5.41, 5.74) is 8.42.